The van der Waals surface area contributed by atoms with Crippen molar-refractivity contribution in [3.05, 3.63) is 0 Å². The third-order valence-electron chi connectivity index (χ3n) is 4.59. The number of nitrogens with zero attached hydrogens (tertiary/aromatic N) is 1. The van der Waals surface area contributed by atoms with Crippen molar-refractivity contribution in [3.8, 4) is 0 Å². The summed E-state index contributed by atoms with van der Waals surface area (Å²) < 4.78 is -0.300. The summed E-state index contributed by atoms with van der Waals surface area (Å²) in [5.41, 5.74) is -0.794. The van der Waals surface area contributed by atoms with Crippen LogP contribution in [0, 0.1) is 0 Å². The summed E-state index contributed by atoms with van der Waals surface area (Å²) in [4.78, 5) is 37.6. The average Bonchev–Trinajstić information content (AvgIpc) is 2.96. The first-order chi connectivity index (χ1) is 9.45. The number of amides is 4. The number of thioether (sulfide) groups is 1. The number of rotatable bonds is 1. The number of hydrogen-bond donors (Lipinski definition) is 2. The molecule has 110 valence electrons. The average molecular weight is 297 g/mol. The summed E-state index contributed by atoms with van der Waals surface area (Å²) in [5, 5.41) is 5.00. The van der Waals surface area contributed by atoms with Crippen LogP contribution < -0.4 is 10.6 Å². The molecule has 0 saturated carbocycles. The summed E-state index contributed by atoms with van der Waals surface area (Å²) in [5.74, 6) is 0.967. The van der Waals surface area contributed by atoms with E-state index in [0.717, 1.165) is 18.6 Å². The Balaban J connectivity index is 1.65. The van der Waals surface area contributed by atoms with Gasteiger partial charge in [0.25, 0.3) is 5.91 Å². The van der Waals surface area contributed by atoms with Gasteiger partial charge in [-0.2, -0.15) is 0 Å². The molecule has 4 amide bonds. The molecule has 3 saturated heterocycles. The van der Waals surface area contributed by atoms with Gasteiger partial charge in [0.05, 0.1) is 4.75 Å². The quantitative estimate of drug-likeness (QED) is 0.690. The summed E-state index contributed by atoms with van der Waals surface area (Å²) in [6.45, 7) is 3.08. The molecule has 20 heavy (non-hydrogen) atoms. The first-order valence-electron chi connectivity index (χ1n) is 7.02. The van der Waals surface area contributed by atoms with Gasteiger partial charge in [-0.05, 0) is 38.4 Å². The summed E-state index contributed by atoms with van der Waals surface area (Å²) in [6.07, 6.45) is 3.01. The molecule has 0 radical (unpaired) electrons. The largest absolute Gasteiger partial charge is 0.341 e. The minimum absolute atomic E-state index is 0.180. The summed E-state index contributed by atoms with van der Waals surface area (Å²) in [7, 11) is 0. The molecule has 6 nitrogen and oxygen atoms in total. The Bertz CT molecular complexity index is 465. The van der Waals surface area contributed by atoms with Gasteiger partial charge in [-0.3, -0.25) is 14.9 Å². The Morgan fingerprint density at radius 2 is 1.95 bits per heavy atom. The van der Waals surface area contributed by atoms with E-state index in [4.69, 9.17) is 0 Å². The Hall–Kier alpha value is -1.24. The smallest absolute Gasteiger partial charge is 0.322 e. The van der Waals surface area contributed by atoms with Crippen LogP contribution in [0.4, 0.5) is 4.79 Å². The summed E-state index contributed by atoms with van der Waals surface area (Å²) >= 11 is 1.73. The van der Waals surface area contributed by atoms with Crippen molar-refractivity contribution in [1.29, 1.82) is 0 Å². The highest BCUT2D eigenvalue weighted by atomic mass is 32.2. The lowest BCUT2D eigenvalue weighted by Gasteiger charge is -2.39. The van der Waals surface area contributed by atoms with Gasteiger partial charge in [-0.25, -0.2) is 4.79 Å². The minimum atomic E-state index is -0.794. The lowest BCUT2D eigenvalue weighted by Crippen LogP contribution is -2.57. The van der Waals surface area contributed by atoms with Crippen LogP contribution in [0.25, 0.3) is 0 Å². The topological polar surface area (TPSA) is 78.5 Å². The fourth-order valence-electron chi connectivity index (χ4n) is 3.25. The zero-order chi connectivity index (χ0) is 14.4. The molecule has 1 spiro atoms. The zero-order valence-electron chi connectivity index (χ0n) is 11.5. The minimum Gasteiger partial charge on any atom is -0.341 e. The van der Waals surface area contributed by atoms with Gasteiger partial charge in [0.1, 0.15) is 5.54 Å². The van der Waals surface area contributed by atoms with Gasteiger partial charge < -0.3 is 10.2 Å². The Labute approximate surface area is 122 Å². The lowest BCUT2D eigenvalue weighted by atomic mass is 9.87. The third-order valence-corrected chi connectivity index (χ3v) is 6.10. The van der Waals surface area contributed by atoms with E-state index in [0.29, 0.717) is 25.9 Å². The van der Waals surface area contributed by atoms with Crippen molar-refractivity contribution in [2.75, 3.05) is 18.8 Å². The van der Waals surface area contributed by atoms with Crippen molar-refractivity contribution in [3.63, 3.8) is 0 Å². The maximum atomic E-state index is 12.6. The SMILES string of the molecule is CC1(C(=O)N2CCC3(CC2)NC(=O)NC3=O)CCCS1. The van der Waals surface area contributed by atoms with Crippen LogP contribution in [0.2, 0.25) is 0 Å². The number of nitrogens with one attached hydrogen (secondary N) is 2. The molecule has 1 unspecified atom stereocenters. The van der Waals surface area contributed by atoms with Crippen LogP contribution in [0.3, 0.4) is 0 Å². The number of likely N-dealkylation sites (tertiary alicyclic amines) is 1. The van der Waals surface area contributed by atoms with Gasteiger partial charge in [-0.1, -0.05) is 0 Å². The zero-order valence-corrected chi connectivity index (χ0v) is 12.3. The lowest BCUT2D eigenvalue weighted by molar-refractivity contribution is -0.137. The van der Waals surface area contributed by atoms with E-state index in [1.807, 2.05) is 11.8 Å². The maximum absolute atomic E-state index is 12.6. The first-order valence-corrected chi connectivity index (χ1v) is 8.01. The monoisotopic (exact) mass is 297 g/mol. The number of carbonyl (C=O) groups is 3. The number of imide groups is 1. The van der Waals surface area contributed by atoms with E-state index >= 15 is 0 Å². The van der Waals surface area contributed by atoms with Crippen LogP contribution in [0.15, 0.2) is 0 Å². The van der Waals surface area contributed by atoms with E-state index < -0.39 is 11.6 Å². The van der Waals surface area contributed by atoms with Gasteiger partial charge in [0.2, 0.25) is 5.91 Å². The van der Waals surface area contributed by atoms with Crippen LogP contribution in [0.5, 0.6) is 0 Å². The molecule has 0 aromatic rings. The molecular weight excluding hydrogens is 278 g/mol. The van der Waals surface area contributed by atoms with Gasteiger partial charge in [0, 0.05) is 13.1 Å². The molecule has 0 aromatic heterocycles. The van der Waals surface area contributed by atoms with Crippen LogP contribution in [0.1, 0.15) is 32.6 Å². The fourth-order valence-corrected chi connectivity index (χ4v) is 4.53. The summed E-state index contributed by atoms with van der Waals surface area (Å²) in [6, 6.07) is -0.423. The highest BCUT2D eigenvalue weighted by Crippen LogP contribution is 2.40. The molecule has 3 fully saturated rings. The molecule has 1 atom stereocenters. The van der Waals surface area contributed by atoms with E-state index in [2.05, 4.69) is 10.6 Å². The molecule has 0 aliphatic carbocycles. The fraction of sp³-hybridized carbons (Fsp3) is 0.769. The predicted molar refractivity (Wildman–Crippen MR) is 75.3 cm³/mol. The molecule has 2 N–H and O–H groups in total. The van der Waals surface area contributed by atoms with Crippen molar-refractivity contribution in [2.45, 2.75) is 42.9 Å². The molecule has 3 aliphatic heterocycles. The van der Waals surface area contributed by atoms with Crippen LogP contribution in [-0.2, 0) is 9.59 Å². The molecule has 3 heterocycles. The second kappa shape index (κ2) is 4.65. The number of carbonyl (C=O) groups excluding carboxylic acids is 3. The Morgan fingerprint density at radius 1 is 1.25 bits per heavy atom. The van der Waals surface area contributed by atoms with Crippen molar-refractivity contribution in [1.82, 2.24) is 15.5 Å². The number of piperidine rings is 1. The number of urea groups is 1. The molecule has 0 aromatic carbocycles. The molecule has 3 rings (SSSR count). The Kier molecular flexibility index (Phi) is 3.19. The van der Waals surface area contributed by atoms with Gasteiger partial charge >= 0.3 is 6.03 Å². The molecular formula is C13H19N3O3S. The highest BCUT2D eigenvalue weighted by Gasteiger charge is 2.50. The van der Waals surface area contributed by atoms with E-state index in [1.54, 1.807) is 11.8 Å². The van der Waals surface area contributed by atoms with E-state index in [-0.39, 0.29) is 16.6 Å². The maximum Gasteiger partial charge on any atom is 0.322 e. The third kappa shape index (κ3) is 2.08. The van der Waals surface area contributed by atoms with Crippen LogP contribution >= 0.6 is 11.8 Å². The molecule has 7 heteroatoms. The first kappa shape index (κ1) is 13.7. The predicted octanol–water partition coefficient (Wildman–Crippen LogP) is 0.473. The Morgan fingerprint density at radius 3 is 2.45 bits per heavy atom. The molecule has 0 bridgehead atoms. The molecule has 3 aliphatic rings. The van der Waals surface area contributed by atoms with Gasteiger partial charge in [0.15, 0.2) is 0 Å². The van der Waals surface area contributed by atoms with Crippen molar-refractivity contribution >= 4 is 29.6 Å². The van der Waals surface area contributed by atoms with Crippen molar-refractivity contribution < 1.29 is 14.4 Å². The van der Waals surface area contributed by atoms with E-state index in [1.165, 1.54) is 0 Å². The van der Waals surface area contributed by atoms with Gasteiger partial charge in [-0.15, -0.1) is 11.8 Å². The van der Waals surface area contributed by atoms with Crippen LogP contribution in [-0.4, -0.2) is 51.9 Å². The van der Waals surface area contributed by atoms with E-state index in [9.17, 15) is 14.4 Å². The standard InChI is InChI=1S/C13H19N3O3S/c1-12(3-2-8-20-12)10(18)16-6-4-13(5-7-16)9(17)14-11(19)15-13/h2-8H2,1H3,(H2,14,15,17,19). The highest BCUT2D eigenvalue weighted by molar-refractivity contribution is 8.01. The van der Waals surface area contributed by atoms with Crippen molar-refractivity contribution in [2.24, 2.45) is 0 Å². The second-order valence-corrected chi connectivity index (χ2v) is 7.56. The number of hydrogen-bond acceptors (Lipinski definition) is 4. The normalized spacial score (nSPS) is 32.4. The second-order valence-electron chi connectivity index (χ2n) is 5.97.